The van der Waals surface area contributed by atoms with Crippen molar-refractivity contribution in [2.24, 2.45) is 5.92 Å². The molecule has 0 saturated carbocycles. The molecular weight excluding hydrogens is 230 g/mol. The van der Waals surface area contributed by atoms with Crippen LogP contribution in [-0.2, 0) is 0 Å². The van der Waals surface area contributed by atoms with E-state index in [0.29, 0.717) is 5.75 Å². The Labute approximate surface area is 108 Å². The first-order valence-electron chi connectivity index (χ1n) is 6.20. The zero-order chi connectivity index (χ0) is 13.5. The lowest BCUT2D eigenvalue weighted by Gasteiger charge is -2.30. The Kier molecular flexibility index (Phi) is 5.65. The second-order valence-electron chi connectivity index (χ2n) is 4.43. The Balaban J connectivity index is 2.65. The predicted octanol–water partition coefficient (Wildman–Crippen LogP) is 2.52. The lowest BCUT2D eigenvalue weighted by molar-refractivity contribution is 0.0934. The van der Waals surface area contributed by atoms with Crippen LogP contribution in [0.15, 0.2) is 30.3 Å². The van der Waals surface area contributed by atoms with Gasteiger partial charge >= 0.3 is 6.09 Å². The molecule has 2 atom stereocenters. The highest BCUT2D eigenvalue weighted by Crippen LogP contribution is 2.16. The average molecular weight is 251 g/mol. The molecule has 0 spiro atoms. The number of hydrogen-bond acceptors (Lipinski definition) is 3. The minimum absolute atomic E-state index is 0.0601. The highest BCUT2D eigenvalue weighted by atomic mass is 16.6. The first-order chi connectivity index (χ1) is 8.60. The van der Waals surface area contributed by atoms with E-state index in [-0.39, 0.29) is 18.6 Å². The van der Waals surface area contributed by atoms with Crippen molar-refractivity contribution in [2.45, 2.75) is 26.3 Å². The standard InChI is InChI=1S/C14H21NO3/c1-4-11(2)13(10-16)15(3)14(17)18-12-8-6-5-7-9-12/h5-9,11,13,16H,4,10H2,1-3H3/t11?,13-/m1/s1. The molecule has 0 aliphatic rings. The summed E-state index contributed by atoms with van der Waals surface area (Å²) in [5.74, 6) is 0.735. The molecule has 4 heteroatoms. The lowest BCUT2D eigenvalue weighted by atomic mass is 9.99. The number of amides is 1. The van der Waals surface area contributed by atoms with Gasteiger partial charge in [0.15, 0.2) is 0 Å². The van der Waals surface area contributed by atoms with Crippen molar-refractivity contribution in [3.8, 4) is 5.75 Å². The van der Waals surface area contributed by atoms with E-state index in [1.165, 1.54) is 4.90 Å². The smallest absolute Gasteiger partial charge is 0.410 e. The van der Waals surface area contributed by atoms with Crippen molar-refractivity contribution in [3.05, 3.63) is 30.3 Å². The van der Waals surface area contributed by atoms with Gasteiger partial charge in [0.25, 0.3) is 0 Å². The van der Waals surface area contributed by atoms with E-state index >= 15 is 0 Å². The molecule has 0 aliphatic carbocycles. The lowest BCUT2D eigenvalue weighted by Crippen LogP contribution is -2.44. The number of likely N-dealkylation sites (N-methyl/N-ethyl adjacent to an activating group) is 1. The summed E-state index contributed by atoms with van der Waals surface area (Å²) < 4.78 is 5.23. The van der Waals surface area contributed by atoms with Gasteiger partial charge in [-0.2, -0.15) is 0 Å². The van der Waals surface area contributed by atoms with Crippen molar-refractivity contribution < 1.29 is 14.6 Å². The van der Waals surface area contributed by atoms with Crippen molar-refractivity contribution in [1.29, 1.82) is 0 Å². The molecule has 1 rings (SSSR count). The Morgan fingerprint density at radius 1 is 1.39 bits per heavy atom. The van der Waals surface area contributed by atoms with E-state index in [4.69, 9.17) is 4.74 Å². The molecule has 0 heterocycles. The van der Waals surface area contributed by atoms with Crippen LogP contribution >= 0.6 is 0 Å². The van der Waals surface area contributed by atoms with Crippen LogP contribution in [0, 0.1) is 5.92 Å². The predicted molar refractivity (Wildman–Crippen MR) is 70.6 cm³/mol. The highest BCUT2D eigenvalue weighted by molar-refractivity contribution is 5.70. The highest BCUT2D eigenvalue weighted by Gasteiger charge is 2.25. The Hall–Kier alpha value is -1.55. The fourth-order valence-electron chi connectivity index (χ4n) is 1.75. The van der Waals surface area contributed by atoms with Gasteiger partial charge in [-0.15, -0.1) is 0 Å². The summed E-state index contributed by atoms with van der Waals surface area (Å²) in [5, 5.41) is 9.36. The van der Waals surface area contributed by atoms with Crippen molar-refractivity contribution in [1.82, 2.24) is 4.90 Å². The van der Waals surface area contributed by atoms with Crippen LogP contribution in [0.1, 0.15) is 20.3 Å². The SMILES string of the molecule is CCC(C)[C@@H](CO)N(C)C(=O)Oc1ccccc1. The molecule has 0 fully saturated rings. The summed E-state index contributed by atoms with van der Waals surface area (Å²) in [4.78, 5) is 13.4. The minimum atomic E-state index is -0.444. The van der Waals surface area contributed by atoms with Crippen LogP contribution < -0.4 is 4.74 Å². The van der Waals surface area contributed by atoms with Crippen LogP contribution in [0.3, 0.4) is 0 Å². The maximum atomic E-state index is 11.9. The van der Waals surface area contributed by atoms with Gasteiger partial charge in [-0.25, -0.2) is 4.79 Å². The summed E-state index contributed by atoms with van der Waals surface area (Å²) in [6, 6.07) is 8.70. The van der Waals surface area contributed by atoms with E-state index in [0.717, 1.165) is 6.42 Å². The third kappa shape index (κ3) is 3.74. The normalized spacial score (nSPS) is 13.8. The molecule has 1 aromatic rings. The van der Waals surface area contributed by atoms with Crippen LogP contribution in [0.25, 0.3) is 0 Å². The number of rotatable bonds is 5. The molecule has 1 aromatic carbocycles. The van der Waals surface area contributed by atoms with E-state index in [1.807, 2.05) is 19.9 Å². The summed E-state index contributed by atoms with van der Waals surface area (Å²) in [7, 11) is 1.65. The third-order valence-corrected chi connectivity index (χ3v) is 3.22. The molecule has 4 nitrogen and oxygen atoms in total. The summed E-state index contributed by atoms with van der Waals surface area (Å²) in [5.41, 5.74) is 0. The fourth-order valence-corrected chi connectivity index (χ4v) is 1.75. The number of ether oxygens (including phenoxy) is 1. The summed E-state index contributed by atoms with van der Waals surface area (Å²) in [6.07, 6.45) is 0.453. The second-order valence-corrected chi connectivity index (χ2v) is 4.43. The van der Waals surface area contributed by atoms with Crippen molar-refractivity contribution >= 4 is 6.09 Å². The number of para-hydroxylation sites is 1. The first-order valence-corrected chi connectivity index (χ1v) is 6.20. The van der Waals surface area contributed by atoms with Gasteiger partial charge in [0.1, 0.15) is 5.75 Å². The van der Waals surface area contributed by atoms with Gasteiger partial charge in [0.05, 0.1) is 12.6 Å². The van der Waals surface area contributed by atoms with Gasteiger partial charge in [-0.1, -0.05) is 38.5 Å². The number of carbonyl (C=O) groups is 1. The zero-order valence-electron chi connectivity index (χ0n) is 11.2. The fraction of sp³-hybridized carbons (Fsp3) is 0.500. The zero-order valence-corrected chi connectivity index (χ0v) is 11.2. The van der Waals surface area contributed by atoms with Crippen LogP contribution in [0.5, 0.6) is 5.75 Å². The number of benzene rings is 1. The van der Waals surface area contributed by atoms with Crippen molar-refractivity contribution in [2.75, 3.05) is 13.7 Å². The number of nitrogens with zero attached hydrogens (tertiary/aromatic N) is 1. The van der Waals surface area contributed by atoms with E-state index in [9.17, 15) is 9.90 Å². The Morgan fingerprint density at radius 3 is 2.50 bits per heavy atom. The number of aliphatic hydroxyl groups excluding tert-OH is 1. The number of aliphatic hydroxyl groups is 1. The Morgan fingerprint density at radius 2 is 2.00 bits per heavy atom. The maximum absolute atomic E-state index is 11.9. The van der Waals surface area contributed by atoms with Gasteiger partial charge in [0.2, 0.25) is 0 Å². The first kappa shape index (κ1) is 14.5. The van der Waals surface area contributed by atoms with Gasteiger partial charge < -0.3 is 14.7 Å². The summed E-state index contributed by atoms with van der Waals surface area (Å²) >= 11 is 0. The van der Waals surface area contributed by atoms with E-state index in [2.05, 4.69) is 0 Å². The minimum Gasteiger partial charge on any atom is -0.410 e. The molecule has 0 bridgehead atoms. The van der Waals surface area contributed by atoms with Gasteiger partial charge in [0, 0.05) is 7.05 Å². The molecule has 100 valence electrons. The van der Waals surface area contributed by atoms with E-state index < -0.39 is 6.09 Å². The molecule has 1 amide bonds. The summed E-state index contributed by atoms with van der Waals surface area (Å²) in [6.45, 7) is 3.98. The van der Waals surface area contributed by atoms with Gasteiger partial charge in [-0.05, 0) is 18.1 Å². The molecule has 0 saturated heterocycles. The topological polar surface area (TPSA) is 49.8 Å². The van der Waals surface area contributed by atoms with Crippen LogP contribution in [0.2, 0.25) is 0 Å². The maximum Gasteiger partial charge on any atom is 0.415 e. The second kappa shape index (κ2) is 7.01. The Bertz CT molecular complexity index is 367. The number of hydrogen-bond donors (Lipinski definition) is 1. The molecule has 1 unspecified atom stereocenters. The molecule has 18 heavy (non-hydrogen) atoms. The average Bonchev–Trinajstić information content (AvgIpc) is 2.40. The third-order valence-electron chi connectivity index (χ3n) is 3.22. The molecule has 0 radical (unpaired) electrons. The molecule has 0 aliphatic heterocycles. The monoisotopic (exact) mass is 251 g/mol. The molecular formula is C14H21NO3. The van der Waals surface area contributed by atoms with Crippen molar-refractivity contribution in [3.63, 3.8) is 0 Å². The largest absolute Gasteiger partial charge is 0.415 e. The molecule has 0 aromatic heterocycles. The van der Waals surface area contributed by atoms with Crippen LogP contribution in [0.4, 0.5) is 4.79 Å². The van der Waals surface area contributed by atoms with Crippen LogP contribution in [-0.4, -0.2) is 35.8 Å². The molecule has 1 N–H and O–H groups in total. The van der Waals surface area contributed by atoms with Gasteiger partial charge in [-0.3, -0.25) is 0 Å². The van der Waals surface area contributed by atoms with E-state index in [1.54, 1.807) is 31.3 Å². The number of carbonyl (C=O) groups excluding carboxylic acids is 1. The quantitative estimate of drug-likeness (QED) is 0.874.